The molecule has 0 aromatic heterocycles. The van der Waals surface area contributed by atoms with Crippen molar-refractivity contribution in [1.82, 2.24) is 10.6 Å². The van der Waals surface area contributed by atoms with Crippen molar-refractivity contribution in [3.63, 3.8) is 0 Å². The second-order valence-corrected chi connectivity index (χ2v) is 4.79. The predicted octanol–water partition coefficient (Wildman–Crippen LogP) is 1.91. The number of rotatable bonds is 5. The fraction of sp³-hybridized carbons (Fsp3) is 0.833. The molecule has 0 spiro atoms. The van der Waals surface area contributed by atoms with E-state index >= 15 is 0 Å². The van der Waals surface area contributed by atoms with E-state index in [0.717, 1.165) is 19.4 Å². The van der Waals surface area contributed by atoms with Crippen LogP contribution in [0.4, 0.5) is 0 Å². The number of nitrogens with zero attached hydrogens (tertiary/aromatic N) is 1. The molecule has 0 radical (unpaired) electrons. The Balaban J connectivity index is 0. The van der Waals surface area contributed by atoms with Gasteiger partial charge in [-0.25, -0.2) is 0 Å². The van der Waals surface area contributed by atoms with Crippen LogP contribution in [-0.4, -0.2) is 37.7 Å². The summed E-state index contributed by atoms with van der Waals surface area (Å²) in [5.74, 6) is 0.347. The molecule has 0 aliphatic rings. The summed E-state index contributed by atoms with van der Waals surface area (Å²) in [5, 5.41) is 6.03. The number of ether oxygens (including phenoxy) is 1. The number of aliphatic imine (C=N–C) groups is 1. The fourth-order valence-corrected chi connectivity index (χ4v) is 1.14. The largest absolute Gasteiger partial charge is 0.459 e. The highest BCUT2D eigenvalue weighted by molar-refractivity contribution is 14.0. The molecule has 2 N–H and O–H groups in total. The highest BCUT2D eigenvalue weighted by Crippen LogP contribution is 2.05. The first-order valence-corrected chi connectivity index (χ1v) is 6.05. The molecule has 0 aromatic rings. The quantitative estimate of drug-likeness (QED) is 0.255. The SMILES string of the molecule is CCCCNC(=NC)NCC(=O)OC(C)(C)C.I. The van der Waals surface area contributed by atoms with Crippen molar-refractivity contribution in [3.05, 3.63) is 0 Å². The minimum Gasteiger partial charge on any atom is -0.459 e. The van der Waals surface area contributed by atoms with Gasteiger partial charge in [0.2, 0.25) is 0 Å². The molecule has 0 rings (SSSR count). The summed E-state index contributed by atoms with van der Waals surface area (Å²) < 4.78 is 5.17. The number of unbranched alkanes of at least 4 members (excludes halogenated alkanes) is 1. The molecule has 0 amide bonds. The molecule has 0 bridgehead atoms. The number of hydrogen-bond acceptors (Lipinski definition) is 3. The Kier molecular flexibility index (Phi) is 11.4. The normalized spacial score (nSPS) is 11.5. The van der Waals surface area contributed by atoms with Gasteiger partial charge >= 0.3 is 5.97 Å². The highest BCUT2D eigenvalue weighted by Gasteiger charge is 2.15. The molecule has 6 heteroatoms. The lowest BCUT2D eigenvalue weighted by molar-refractivity contribution is -0.153. The second kappa shape index (κ2) is 10.4. The molecule has 0 atom stereocenters. The molecule has 18 heavy (non-hydrogen) atoms. The van der Waals surface area contributed by atoms with Crippen LogP contribution >= 0.6 is 24.0 Å². The first kappa shape index (κ1) is 19.8. The van der Waals surface area contributed by atoms with E-state index in [2.05, 4.69) is 22.5 Å². The molecule has 0 aliphatic heterocycles. The lowest BCUT2D eigenvalue weighted by Gasteiger charge is -2.20. The van der Waals surface area contributed by atoms with Gasteiger partial charge in [-0.2, -0.15) is 0 Å². The van der Waals surface area contributed by atoms with Crippen LogP contribution in [0.1, 0.15) is 40.5 Å². The van der Waals surface area contributed by atoms with Gasteiger partial charge in [-0.15, -0.1) is 24.0 Å². The number of halogens is 1. The van der Waals surface area contributed by atoms with Crippen LogP contribution in [0.3, 0.4) is 0 Å². The van der Waals surface area contributed by atoms with E-state index in [1.165, 1.54) is 0 Å². The van der Waals surface area contributed by atoms with Crippen molar-refractivity contribution >= 4 is 35.9 Å². The first-order valence-electron chi connectivity index (χ1n) is 6.05. The van der Waals surface area contributed by atoms with Gasteiger partial charge in [-0.1, -0.05) is 13.3 Å². The van der Waals surface area contributed by atoms with Gasteiger partial charge in [0.25, 0.3) is 0 Å². The molecular weight excluding hydrogens is 345 g/mol. The Labute approximate surface area is 127 Å². The summed E-state index contributed by atoms with van der Waals surface area (Å²) in [7, 11) is 1.68. The van der Waals surface area contributed by atoms with Crippen LogP contribution in [-0.2, 0) is 9.53 Å². The summed E-state index contributed by atoms with van der Waals surface area (Å²) in [5.41, 5.74) is -0.447. The van der Waals surface area contributed by atoms with E-state index in [0.29, 0.717) is 5.96 Å². The molecule has 0 unspecified atom stereocenters. The monoisotopic (exact) mass is 371 g/mol. The third-order valence-electron chi connectivity index (χ3n) is 1.87. The van der Waals surface area contributed by atoms with Crippen LogP contribution in [0.15, 0.2) is 4.99 Å². The lowest BCUT2D eigenvalue weighted by atomic mass is 10.2. The third-order valence-corrected chi connectivity index (χ3v) is 1.87. The molecule has 108 valence electrons. The van der Waals surface area contributed by atoms with Gasteiger partial charge in [-0.05, 0) is 27.2 Å². The van der Waals surface area contributed by atoms with Crippen LogP contribution in [0.2, 0.25) is 0 Å². The van der Waals surface area contributed by atoms with Gasteiger partial charge in [0.05, 0.1) is 0 Å². The smallest absolute Gasteiger partial charge is 0.325 e. The van der Waals surface area contributed by atoms with Crippen LogP contribution in [0, 0.1) is 0 Å². The molecule has 0 aliphatic carbocycles. The van der Waals surface area contributed by atoms with Crippen molar-refractivity contribution in [2.75, 3.05) is 20.1 Å². The van der Waals surface area contributed by atoms with E-state index < -0.39 is 5.60 Å². The van der Waals surface area contributed by atoms with Crippen LogP contribution in [0.5, 0.6) is 0 Å². The van der Waals surface area contributed by atoms with E-state index in [4.69, 9.17) is 4.74 Å². The maximum atomic E-state index is 11.4. The molecule has 0 aromatic carbocycles. The minimum absolute atomic E-state index is 0. The maximum Gasteiger partial charge on any atom is 0.325 e. The van der Waals surface area contributed by atoms with Gasteiger partial charge in [-0.3, -0.25) is 9.79 Å². The highest BCUT2D eigenvalue weighted by atomic mass is 127. The number of guanidine groups is 1. The zero-order valence-corrected chi connectivity index (χ0v) is 14.3. The van der Waals surface area contributed by atoms with Crippen molar-refractivity contribution in [3.8, 4) is 0 Å². The first-order chi connectivity index (χ1) is 7.89. The van der Waals surface area contributed by atoms with Gasteiger partial charge in [0, 0.05) is 13.6 Å². The zero-order chi connectivity index (χ0) is 13.3. The van der Waals surface area contributed by atoms with Crippen LogP contribution in [0.25, 0.3) is 0 Å². The number of esters is 1. The molecule has 0 fully saturated rings. The standard InChI is InChI=1S/C12H25N3O2.HI/c1-6-7-8-14-11(13-5)15-9-10(16)17-12(2,3)4;/h6-9H2,1-5H3,(H2,13,14,15);1H. The van der Waals surface area contributed by atoms with E-state index in [-0.39, 0.29) is 36.5 Å². The Morgan fingerprint density at radius 3 is 2.33 bits per heavy atom. The van der Waals surface area contributed by atoms with Gasteiger partial charge in [0.15, 0.2) is 5.96 Å². The van der Waals surface area contributed by atoms with Crippen molar-refractivity contribution in [1.29, 1.82) is 0 Å². The number of carbonyl (C=O) groups excluding carboxylic acids is 1. The van der Waals surface area contributed by atoms with Crippen molar-refractivity contribution in [2.45, 2.75) is 46.1 Å². The minimum atomic E-state index is -0.447. The summed E-state index contributed by atoms with van der Waals surface area (Å²) in [6.45, 7) is 8.64. The molecule has 5 nitrogen and oxygen atoms in total. The molecule has 0 saturated heterocycles. The van der Waals surface area contributed by atoms with Crippen molar-refractivity contribution in [2.24, 2.45) is 4.99 Å². The lowest BCUT2D eigenvalue weighted by Crippen LogP contribution is -2.42. The third kappa shape index (κ3) is 11.9. The van der Waals surface area contributed by atoms with Crippen molar-refractivity contribution < 1.29 is 9.53 Å². The Morgan fingerprint density at radius 1 is 1.28 bits per heavy atom. The molecular formula is C12H26IN3O2. The molecule has 0 heterocycles. The van der Waals surface area contributed by atoms with Crippen LogP contribution < -0.4 is 10.6 Å². The maximum absolute atomic E-state index is 11.4. The Hall–Kier alpha value is -0.530. The Morgan fingerprint density at radius 2 is 1.89 bits per heavy atom. The van der Waals surface area contributed by atoms with E-state index in [1.807, 2.05) is 20.8 Å². The zero-order valence-electron chi connectivity index (χ0n) is 12.0. The number of nitrogens with one attached hydrogen (secondary N) is 2. The molecule has 0 saturated carbocycles. The summed E-state index contributed by atoms with van der Waals surface area (Å²) in [6.07, 6.45) is 2.20. The van der Waals surface area contributed by atoms with Gasteiger partial charge < -0.3 is 15.4 Å². The topological polar surface area (TPSA) is 62.7 Å². The fourth-order valence-electron chi connectivity index (χ4n) is 1.14. The number of hydrogen-bond donors (Lipinski definition) is 2. The summed E-state index contributed by atoms with van der Waals surface area (Å²) in [6, 6.07) is 0. The van der Waals surface area contributed by atoms with E-state index in [1.54, 1.807) is 7.05 Å². The van der Waals surface area contributed by atoms with E-state index in [9.17, 15) is 4.79 Å². The number of carbonyl (C=O) groups is 1. The average molecular weight is 371 g/mol. The predicted molar refractivity (Wildman–Crippen MR) is 85.5 cm³/mol. The van der Waals surface area contributed by atoms with Gasteiger partial charge in [0.1, 0.15) is 12.1 Å². The second-order valence-electron chi connectivity index (χ2n) is 4.79. The Bertz CT molecular complexity index is 263. The summed E-state index contributed by atoms with van der Waals surface area (Å²) >= 11 is 0. The average Bonchev–Trinajstić information content (AvgIpc) is 2.20. The summed E-state index contributed by atoms with van der Waals surface area (Å²) in [4.78, 5) is 15.5.